The second kappa shape index (κ2) is 6.02. The highest BCUT2D eigenvalue weighted by Crippen LogP contribution is 2.29. The number of nitrogens with zero attached hydrogens (tertiary/aromatic N) is 2. The van der Waals surface area contributed by atoms with Crippen molar-refractivity contribution in [1.29, 1.82) is 0 Å². The van der Waals surface area contributed by atoms with Crippen molar-refractivity contribution >= 4 is 28.3 Å². The van der Waals surface area contributed by atoms with E-state index in [2.05, 4.69) is 18.0 Å². The predicted octanol–water partition coefficient (Wildman–Crippen LogP) is 4.08. The summed E-state index contributed by atoms with van der Waals surface area (Å²) in [5.74, 6) is 0.0877. The lowest BCUT2D eigenvalue weighted by atomic mass is 9.98. The van der Waals surface area contributed by atoms with E-state index in [1.165, 1.54) is 6.42 Å². The van der Waals surface area contributed by atoms with Crippen LogP contribution in [-0.2, 0) is 6.42 Å². The molecule has 1 aliphatic heterocycles. The largest absolute Gasteiger partial charge is 0.339 e. The molecule has 0 aliphatic carbocycles. The van der Waals surface area contributed by atoms with Crippen molar-refractivity contribution in [3.05, 3.63) is 40.7 Å². The lowest BCUT2D eigenvalue weighted by Gasteiger charge is -2.27. The third-order valence-electron chi connectivity index (χ3n) is 4.20. The lowest BCUT2D eigenvalue weighted by Crippen LogP contribution is -2.35. The Kier molecular flexibility index (Phi) is 4.11. The summed E-state index contributed by atoms with van der Waals surface area (Å²) in [5, 5.41) is 2.31. The Balaban J connectivity index is 2.13. The number of piperidine rings is 1. The second-order valence-corrected chi connectivity index (χ2v) is 5.87. The zero-order valence-electron chi connectivity index (χ0n) is 12.2. The maximum atomic E-state index is 12.8. The molecule has 1 aromatic heterocycles. The minimum absolute atomic E-state index is 0.0877. The number of benzene rings is 1. The fraction of sp³-hybridized carbons (Fsp3) is 0.412. The Morgan fingerprint density at radius 1 is 1.29 bits per heavy atom. The molecule has 3 nitrogen and oxygen atoms in total. The molecule has 4 heteroatoms. The predicted molar refractivity (Wildman–Crippen MR) is 85.9 cm³/mol. The molecule has 1 aromatic carbocycles. The van der Waals surface area contributed by atoms with E-state index in [1.54, 1.807) is 6.20 Å². The fourth-order valence-electron chi connectivity index (χ4n) is 3.07. The van der Waals surface area contributed by atoms with E-state index in [4.69, 9.17) is 11.6 Å². The van der Waals surface area contributed by atoms with Gasteiger partial charge in [-0.15, -0.1) is 0 Å². The summed E-state index contributed by atoms with van der Waals surface area (Å²) in [5.41, 5.74) is 1.84. The first kappa shape index (κ1) is 14.3. The van der Waals surface area contributed by atoms with Crippen LogP contribution in [0.3, 0.4) is 0 Å². The molecule has 0 atom stereocenters. The van der Waals surface area contributed by atoms with Crippen molar-refractivity contribution in [2.24, 2.45) is 0 Å². The molecular weight excluding hydrogens is 284 g/mol. The summed E-state index contributed by atoms with van der Waals surface area (Å²) in [6, 6.07) is 5.98. The number of halogens is 1. The average molecular weight is 303 g/mol. The maximum Gasteiger partial charge on any atom is 0.256 e. The molecule has 1 amide bonds. The molecule has 1 aliphatic rings. The van der Waals surface area contributed by atoms with E-state index in [-0.39, 0.29) is 5.91 Å². The van der Waals surface area contributed by atoms with E-state index in [1.807, 2.05) is 17.0 Å². The van der Waals surface area contributed by atoms with E-state index in [9.17, 15) is 4.79 Å². The van der Waals surface area contributed by atoms with Crippen LogP contribution in [0.4, 0.5) is 0 Å². The Morgan fingerprint density at radius 3 is 2.76 bits per heavy atom. The number of fused-ring (bicyclic) bond motifs is 1. The monoisotopic (exact) mass is 302 g/mol. The highest BCUT2D eigenvalue weighted by Gasteiger charge is 2.22. The molecular formula is C17H19ClN2O. The number of hydrogen-bond donors (Lipinski definition) is 0. The van der Waals surface area contributed by atoms with Crippen molar-refractivity contribution < 1.29 is 4.79 Å². The molecule has 0 radical (unpaired) electrons. The molecule has 2 aromatic rings. The summed E-state index contributed by atoms with van der Waals surface area (Å²) >= 11 is 6.21. The minimum atomic E-state index is 0.0877. The summed E-state index contributed by atoms with van der Waals surface area (Å²) in [4.78, 5) is 19.0. The average Bonchev–Trinajstić information content (AvgIpc) is 2.55. The minimum Gasteiger partial charge on any atom is -0.339 e. The van der Waals surface area contributed by atoms with Crippen LogP contribution in [0.1, 0.15) is 42.1 Å². The quantitative estimate of drug-likeness (QED) is 0.783. The number of carbonyl (C=O) groups is 1. The Morgan fingerprint density at radius 2 is 2.05 bits per heavy atom. The van der Waals surface area contributed by atoms with Crippen LogP contribution in [0, 0.1) is 0 Å². The molecule has 0 N–H and O–H groups in total. The van der Waals surface area contributed by atoms with Crippen molar-refractivity contribution in [3.8, 4) is 0 Å². The third-order valence-corrected chi connectivity index (χ3v) is 4.51. The van der Waals surface area contributed by atoms with Gasteiger partial charge in [0.05, 0.1) is 5.56 Å². The standard InChI is InChI=1S/C17H19ClN2O/c1-2-12-7-6-8-13-15(12)14(11-19-16(13)18)17(21)20-9-4-3-5-10-20/h6-8,11H,2-5,9-10H2,1H3. The van der Waals surface area contributed by atoms with Gasteiger partial charge in [-0.2, -0.15) is 0 Å². The number of rotatable bonds is 2. The van der Waals surface area contributed by atoms with Crippen LogP contribution in [0.25, 0.3) is 10.8 Å². The van der Waals surface area contributed by atoms with Gasteiger partial charge in [-0.25, -0.2) is 4.98 Å². The molecule has 1 saturated heterocycles. The van der Waals surface area contributed by atoms with Crippen LogP contribution in [0.2, 0.25) is 5.15 Å². The molecule has 110 valence electrons. The lowest BCUT2D eigenvalue weighted by molar-refractivity contribution is 0.0726. The van der Waals surface area contributed by atoms with Gasteiger partial charge in [-0.3, -0.25) is 4.79 Å². The first-order valence-corrected chi connectivity index (χ1v) is 7.95. The van der Waals surface area contributed by atoms with E-state index in [0.717, 1.165) is 48.7 Å². The molecule has 21 heavy (non-hydrogen) atoms. The summed E-state index contributed by atoms with van der Waals surface area (Å²) in [6.07, 6.45) is 5.90. The number of aryl methyl sites for hydroxylation is 1. The van der Waals surface area contributed by atoms with E-state index < -0.39 is 0 Å². The molecule has 2 heterocycles. The third kappa shape index (κ3) is 2.62. The van der Waals surface area contributed by atoms with Gasteiger partial charge in [0.1, 0.15) is 5.15 Å². The molecule has 0 spiro atoms. The van der Waals surface area contributed by atoms with Crippen LogP contribution in [0.5, 0.6) is 0 Å². The number of aromatic nitrogens is 1. The SMILES string of the molecule is CCc1cccc2c(Cl)ncc(C(=O)N3CCCCC3)c12. The van der Waals surface area contributed by atoms with E-state index >= 15 is 0 Å². The highest BCUT2D eigenvalue weighted by atomic mass is 35.5. The normalized spacial score (nSPS) is 15.4. The van der Waals surface area contributed by atoms with Crippen molar-refractivity contribution in [3.63, 3.8) is 0 Å². The maximum absolute atomic E-state index is 12.8. The highest BCUT2D eigenvalue weighted by molar-refractivity contribution is 6.35. The van der Waals surface area contributed by atoms with Crippen LogP contribution in [-0.4, -0.2) is 28.9 Å². The molecule has 3 rings (SSSR count). The number of amides is 1. The summed E-state index contributed by atoms with van der Waals surface area (Å²) in [6.45, 7) is 3.78. The van der Waals surface area contributed by atoms with Gasteiger partial charge in [0.25, 0.3) is 5.91 Å². The number of carbonyl (C=O) groups excluding carboxylic acids is 1. The van der Waals surface area contributed by atoms with Crippen LogP contribution in [0.15, 0.2) is 24.4 Å². The van der Waals surface area contributed by atoms with Crippen molar-refractivity contribution in [1.82, 2.24) is 9.88 Å². The summed E-state index contributed by atoms with van der Waals surface area (Å²) in [7, 11) is 0. The van der Waals surface area contributed by atoms with E-state index in [0.29, 0.717) is 10.7 Å². The zero-order chi connectivity index (χ0) is 14.8. The summed E-state index contributed by atoms with van der Waals surface area (Å²) < 4.78 is 0. The smallest absolute Gasteiger partial charge is 0.256 e. The van der Waals surface area contributed by atoms with Gasteiger partial charge in [0.2, 0.25) is 0 Å². The van der Waals surface area contributed by atoms with Gasteiger partial charge >= 0.3 is 0 Å². The number of hydrogen-bond acceptors (Lipinski definition) is 2. The van der Waals surface area contributed by atoms with Gasteiger partial charge in [0.15, 0.2) is 0 Å². The Hall–Kier alpha value is -1.61. The molecule has 0 unspecified atom stereocenters. The first-order valence-electron chi connectivity index (χ1n) is 7.57. The van der Waals surface area contributed by atoms with Gasteiger partial charge in [-0.05, 0) is 31.2 Å². The second-order valence-electron chi connectivity index (χ2n) is 5.51. The van der Waals surface area contributed by atoms with Gasteiger partial charge < -0.3 is 4.90 Å². The van der Waals surface area contributed by atoms with Crippen LogP contribution >= 0.6 is 11.6 Å². The zero-order valence-corrected chi connectivity index (χ0v) is 13.0. The Bertz CT molecular complexity index is 678. The van der Waals surface area contributed by atoms with Gasteiger partial charge in [-0.1, -0.05) is 36.7 Å². The van der Waals surface area contributed by atoms with Crippen LogP contribution < -0.4 is 0 Å². The fourth-order valence-corrected chi connectivity index (χ4v) is 3.28. The first-order chi connectivity index (χ1) is 10.2. The number of pyridine rings is 1. The Labute approximate surface area is 129 Å². The molecule has 0 saturated carbocycles. The molecule has 1 fully saturated rings. The van der Waals surface area contributed by atoms with Crippen molar-refractivity contribution in [2.45, 2.75) is 32.6 Å². The number of likely N-dealkylation sites (tertiary alicyclic amines) is 1. The molecule has 0 bridgehead atoms. The van der Waals surface area contributed by atoms with Crippen molar-refractivity contribution in [2.75, 3.05) is 13.1 Å². The topological polar surface area (TPSA) is 33.2 Å². The van der Waals surface area contributed by atoms with Gasteiger partial charge in [0, 0.05) is 30.1 Å².